The van der Waals surface area contributed by atoms with Gasteiger partial charge in [-0.15, -0.1) is 0 Å². The van der Waals surface area contributed by atoms with Gasteiger partial charge in [0, 0.05) is 6.04 Å². The minimum atomic E-state index is -0.367. The van der Waals surface area contributed by atoms with Crippen LogP contribution in [0.4, 0.5) is 4.79 Å². The smallest absolute Gasteiger partial charge is 0.407 e. The molecule has 1 amide bonds. The Hall–Kier alpha value is -0.730. The van der Waals surface area contributed by atoms with Gasteiger partial charge in [0.1, 0.15) is 6.61 Å². The summed E-state index contributed by atoms with van der Waals surface area (Å²) in [4.78, 5) is 10.8. The molecule has 0 saturated carbocycles. The van der Waals surface area contributed by atoms with Gasteiger partial charge in [0.15, 0.2) is 0 Å². The van der Waals surface area contributed by atoms with Gasteiger partial charge in [-0.05, 0) is 20.3 Å². The van der Waals surface area contributed by atoms with Gasteiger partial charge in [0.05, 0.1) is 0 Å². The molecule has 0 aromatic heterocycles. The van der Waals surface area contributed by atoms with Gasteiger partial charge in [-0.25, -0.2) is 4.79 Å². The molecule has 0 atom stereocenters. The van der Waals surface area contributed by atoms with E-state index in [1.54, 1.807) is 0 Å². The zero-order valence-corrected chi connectivity index (χ0v) is 7.39. The molecule has 11 heavy (non-hydrogen) atoms. The highest BCUT2D eigenvalue weighted by Crippen LogP contribution is 1.94. The molecule has 0 aromatic rings. The summed E-state index contributed by atoms with van der Waals surface area (Å²) in [7, 11) is 0. The molecule has 0 saturated heterocycles. The van der Waals surface area contributed by atoms with Crippen molar-refractivity contribution in [1.82, 2.24) is 5.32 Å². The molecule has 3 nitrogen and oxygen atoms in total. The summed E-state index contributed by atoms with van der Waals surface area (Å²) < 4.78 is 4.72. The SMILES string of the molecule is CCC[CH]OC(=O)NC(C)C. The van der Waals surface area contributed by atoms with Crippen molar-refractivity contribution in [3.05, 3.63) is 6.61 Å². The largest absolute Gasteiger partial charge is 0.442 e. The lowest BCUT2D eigenvalue weighted by molar-refractivity contribution is 0.166. The number of hydrogen-bond acceptors (Lipinski definition) is 2. The first kappa shape index (κ1) is 10.3. The Morgan fingerprint density at radius 1 is 1.64 bits per heavy atom. The molecule has 0 heterocycles. The van der Waals surface area contributed by atoms with Crippen molar-refractivity contribution in [3.8, 4) is 0 Å². The van der Waals surface area contributed by atoms with E-state index in [-0.39, 0.29) is 12.1 Å². The number of unbranched alkanes of at least 4 members (excludes halogenated alkanes) is 1. The zero-order chi connectivity index (χ0) is 8.69. The molecule has 0 unspecified atom stereocenters. The molecule has 1 radical (unpaired) electrons. The summed E-state index contributed by atoms with van der Waals surface area (Å²) in [6.07, 6.45) is 1.44. The second-order valence-corrected chi connectivity index (χ2v) is 2.66. The van der Waals surface area contributed by atoms with Crippen LogP contribution in [0.3, 0.4) is 0 Å². The average molecular weight is 158 g/mol. The lowest BCUT2D eigenvalue weighted by Gasteiger charge is -2.07. The van der Waals surface area contributed by atoms with Crippen molar-refractivity contribution in [2.45, 2.75) is 39.7 Å². The molecule has 0 aliphatic rings. The van der Waals surface area contributed by atoms with Crippen LogP contribution in [0.15, 0.2) is 0 Å². The van der Waals surface area contributed by atoms with Crippen LogP contribution in [-0.2, 0) is 4.74 Å². The zero-order valence-electron chi connectivity index (χ0n) is 7.39. The third-order valence-corrected chi connectivity index (χ3v) is 1.00. The summed E-state index contributed by atoms with van der Waals surface area (Å²) >= 11 is 0. The molecule has 0 rings (SSSR count). The van der Waals surface area contributed by atoms with E-state index in [0.29, 0.717) is 0 Å². The van der Waals surface area contributed by atoms with Gasteiger partial charge in [-0.1, -0.05) is 13.3 Å². The number of rotatable bonds is 4. The van der Waals surface area contributed by atoms with Crippen LogP contribution in [0.25, 0.3) is 0 Å². The number of carbonyl (C=O) groups excluding carboxylic acids is 1. The van der Waals surface area contributed by atoms with Crippen molar-refractivity contribution in [2.75, 3.05) is 0 Å². The van der Waals surface area contributed by atoms with Crippen molar-refractivity contribution >= 4 is 6.09 Å². The molecule has 0 aliphatic heterocycles. The Morgan fingerprint density at radius 2 is 2.27 bits per heavy atom. The Kier molecular flexibility index (Phi) is 5.61. The van der Waals surface area contributed by atoms with Crippen molar-refractivity contribution < 1.29 is 9.53 Å². The molecule has 3 heteroatoms. The fraction of sp³-hybridized carbons (Fsp3) is 0.750. The minimum Gasteiger partial charge on any atom is -0.442 e. The van der Waals surface area contributed by atoms with Gasteiger partial charge >= 0.3 is 6.09 Å². The Labute approximate surface area is 68.1 Å². The van der Waals surface area contributed by atoms with E-state index < -0.39 is 0 Å². The number of carbonyl (C=O) groups is 1. The highest BCUT2D eigenvalue weighted by atomic mass is 16.5. The number of amides is 1. The normalized spacial score (nSPS) is 9.82. The van der Waals surface area contributed by atoms with E-state index in [0.717, 1.165) is 12.8 Å². The van der Waals surface area contributed by atoms with Gasteiger partial charge in [0.25, 0.3) is 0 Å². The number of hydrogen-bond donors (Lipinski definition) is 1. The van der Waals surface area contributed by atoms with E-state index in [1.807, 2.05) is 20.8 Å². The van der Waals surface area contributed by atoms with Crippen LogP contribution in [0.5, 0.6) is 0 Å². The Morgan fingerprint density at radius 3 is 2.73 bits per heavy atom. The molecule has 65 valence electrons. The second-order valence-electron chi connectivity index (χ2n) is 2.66. The van der Waals surface area contributed by atoms with Crippen molar-refractivity contribution in [3.63, 3.8) is 0 Å². The monoisotopic (exact) mass is 158 g/mol. The third-order valence-electron chi connectivity index (χ3n) is 1.00. The third kappa shape index (κ3) is 7.16. The van der Waals surface area contributed by atoms with Crippen LogP contribution in [0.2, 0.25) is 0 Å². The van der Waals surface area contributed by atoms with Crippen LogP contribution in [-0.4, -0.2) is 12.1 Å². The molecule has 0 aliphatic carbocycles. The van der Waals surface area contributed by atoms with E-state index in [2.05, 4.69) is 5.32 Å². The minimum absolute atomic E-state index is 0.137. The molecular formula is C8H16NO2. The number of nitrogens with one attached hydrogen (secondary N) is 1. The maximum Gasteiger partial charge on any atom is 0.407 e. The van der Waals surface area contributed by atoms with Crippen LogP contribution >= 0.6 is 0 Å². The molecule has 1 N–H and O–H groups in total. The molecule has 0 aromatic carbocycles. The van der Waals surface area contributed by atoms with Crippen LogP contribution in [0, 0.1) is 6.61 Å². The summed E-state index contributed by atoms with van der Waals surface area (Å²) in [6.45, 7) is 7.33. The van der Waals surface area contributed by atoms with Gasteiger partial charge in [0.2, 0.25) is 0 Å². The first-order valence-corrected chi connectivity index (χ1v) is 3.95. The van der Waals surface area contributed by atoms with Crippen LogP contribution < -0.4 is 5.32 Å². The molecular weight excluding hydrogens is 142 g/mol. The summed E-state index contributed by atoms with van der Waals surface area (Å²) in [5, 5.41) is 2.61. The van der Waals surface area contributed by atoms with Crippen molar-refractivity contribution in [2.24, 2.45) is 0 Å². The van der Waals surface area contributed by atoms with E-state index in [9.17, 15) is 4.79 Å². The Bertz CT molecular complexity index is 113. The van der Waals surface area contributed by atoms with Gasteiger partial charge in [-0.2, -0.15) is 0 Å². The number of ether oxygens (including phenoxy) is 1. The Balaban J connectivity index is 3.23. The fourth-order valence-corrected chi connectivity index (χ4v) is 0.522. The standard InChI is InChI=1S/C8H16NO2/c1-4-5-6-11-8(10)9-7(2)3/h6-7H,4-5H2,1-3H3,(H,9,10). The second kappa shape index (κ2) is 6.01. The molecule has 0 fully saturated rings. The van der Waals surface area contributed by atoms with Crippen molar-refractivity contribution in [1.29, 1.82) is 0 Å². The maximum absolute atomic E-state index is 10.8. The maximum atomic E-state index is 10.8. The summed E-state index contributed by atoms with van der Waals surface area (Å²) in [5.41, 5.74) is 0. The molecule has 0 spiro atoms. The lowest BCUT2D eigenvalue weighted by atomic mass is 10.4. The van der Waals surface area contributed by atoms with E-state index in [4.69, 9.17) is 4.74 Å². The predicted molar refractivity (Wildman–Crippen MR) is 44.0 cm³/mol. The number of alkyl carbamates (subject to hydrolysis) is 1. The highest BCUT2D eigenvalue weighted by Gasteiger charge is 2.02. The van der Waals surface area contributed by atoms with Crippen LogP contribution in [0.1, 0.15) is 33.6 Å². The fourth-order valence-electron chi connectivity index (χ4n) is 0.522. The summed E-state index contributed by atoms with van der Waals surface area (Å²) in [5.74, 6) is 0. The lowest BCUT2D eigenvalue weighted by Crippen LogP contribution is -2.30. The first-order valence-electron chi connectivity index (χ1n) is 3.95. The first-order chi connectivity index (χ1) is 5.16. The summed E-state index contributed by atoms with van der Waals surface area (Å²) in [6, 6.07) is 0.137. The topological polar surface area (TPSA) is 38.3 Å². The van der Waals surface area contributed by atoms with E-state index >= 15 is 0 Å². The highest BCUT2D eigenvalue weighted by molar-refractivity contribution is 5.67. The van der Waals surface area contributed by atoms with Gasteiger partial charge in [-0.3, -0.25) is 0 Å². The van der Waals surface area contributed by atoms with E-state index in [1.165, 1.54) is 6.61 Å². The molecule has 0 bridgehead atoms. The van der Waals surface area contributed by atoms with Gasteiger partial charge < -0.3 is 10.1 Å². The predicted octanol–water partition coefficient (Wildman–Crippen LogP) is 2.08. The average Bonchev–Trinajstić information content (AvgIpc) is 1.86. The quantitative estimate of drug-likeness (QED) is 0.636.